The van der Waals surface area contributed by atoms with E-state index in [2.05, 4.69) is 80.0 Å². The van der Waals surface area contributed by atoms with Crippen LogP contribution in [0.3, 0.4) is 0 Å². The number of nitrogens with zero attached hydrogens (tertiary/aromatic N) is 4. The van der Waals surface area contributed by atoms with E-state index in [1.54, 1.807) is 0 Å². The van der Waals surface area contributed by atoms with Crippen molar-refractivity contribution in [3.63, 3.8) is 0 Å². The molecule has 5 heterocycles. The zero-order chi connectivity index (χ0) is 37.7. The van der Waals surface area contributed by atoms with Crippen LogP contribution in [-0.2, 0) is 14.3 Å². The Balaban J connectivity index is 1.79. The first kappa shape index (κ1) is 38.5. The molecule has 2 unspecified atom stereocenters. The summed E-state index contributed by atoms with van der Waals surface area (Å²) in [5.74, 6) is -0.000802. The van der Waals surface area contributed by atoms with Gasteiger partial charge in [-0.05, 0) is 101 Å². The summed E-state index contributed by atoms with van der Waals surface area (Å²) in [5.41, 5.74) is 13.7. The SMILES string of the molecule is C=Cc1c(C)c2cc3[nH]c(cc4nc(cc5nc(cc1[nH]2)C(C)=C5CCC(=O)N(C)CCN(C)C)C(CCC(=O)OC)C4CCCC)c(C)c3C=C. The molecular formula is C43H56N6O3. The highest BCUT2D eigenvalue weighted by Gasteiger charge is 2.33. The van der Waals surface area contributed by atoms with Gasteiger partial charge in [-0.25, -0.2) is 4.98 Å². The lowest BCUT2D eigenvalue weighted by atomic mass is 9.82. The van der Waals surface area contributed by atoms with Crippen molar-refractivity contribution in [2.75, 3.05) is 41.3 Å². The topological polar surface area (TPSA) is 107 Å². The number of hydrogen-bond donors (Lipinski definition) is 2. The molecule has 0 spiro atoms. The van der Waals surface area contributed by atoms with Crippen LogP contribution >= 0.6 is 0 Å². The number of aromatic amines is 2. The van der Waals surface area contributed by atoms with E-state index in [1.807, 2.05) is 38.2 Å². The number of rotatable bonds is 14. The molecule has 2 atom stereocenters. The van der Waals surface area contributed by atoms with E-state index in [0.717, 1.165) is 104 Å². The monoisotopic (exact) mass is 704 g/mol. The number of hydrogen-bond acceptors (Lipinski definition) is 6. The molecule has 0 saturated heterocycles. The number of nitrogens with one attached hydrogen (secondary N) is 2. The maximum Gasteiger partial charge on any atom is 0.305 e. The van der Waals surface area contributed by atoms with Crippen molar-refractivity contribution >= 4 is 57.2 Å². The number of aryl methyl sites for hydroxylation is 2. The molecular weight excluding hydrogens is 649 g/mol. The van der Waals surface area contributed by atoms with E-state index < -0.39 is 0 Å². The molecule has 2 aliphatic rings. The number of aromatic nitrogens is 4. The molecule has 9 heteroatoms. The number of allylic oxidation sites excluding steroid dienone is 2. The maximum atomic E-state index is 13.3. The number of unbranched alkanes of at least 4 members (excludes halogenated alkanes) is 1. The molecule has 1 amide bonds. The predicted octanol–water partition coefficient (Wildman–Crippen LogP) is 8.96. The van der Waals surface area contributed by atoms with Crippen molar-refractivity contribution in [2.45, 2.75) is 84.5 Å². The van der Waals surface area contributed by atoms with Gasteiger partial charge in [-0.2, -0.15) is 0 Å². The van der Waals surface area contributed by atoms with Gasteiger partial charge in [0.2, 0.25) is 5.91 Å². The van der Waals surface area contributed by atoms with E-state index in [4.69, 9.17) is 14.7 Å². The van der Waals surface area contributed by atoms with Crippen LogP contribution in [0, 0.1) is 13.8 Å². The van der Waals surface area contributed by atoms with E-state index in [-0.39, 0.29) is 23.7 Å². The Hall–Kier alpha value is -4.76. The van der Waals surface area contributed by atoms with Crippen LogP contribution in [0.1, 0.15) is 116 Å². The summed E-state index contributed by atoms with van der Waals surface area (Å²) in [7, 11) is 7.34. The number of fused-ring (bicyclic) bond motifs is 8. The lowest BCUT2D eigenvalue weighted by molar-refractivity contribution is -0.140. The molecule has 0 fully saturated rings. The first-order valence-electron chi connectivity index (χ1n) is 18.6. The summed E-state index contributed by atoms with van der Waals surface area (Å²) < 4.78 is 5.09. The van der Waals surface area contributed by atoms with Gasteiger partial charge in [0.1, 0.15) is 0 Å². The third-order valence-corrected chi connectivity index (χ3v) is 10.8. The van der Waals surface area contributed by atoms with Crippen molar-refractivity contribution in [2.24, 2.45) is 0 Å². The second-order valence-electron chi connectivity index (χ2n) is 14.5. The minimum Gasteiger partial charge on any atom is -0.469 e. The number of ether oxygens (including phenoxy) is 1. The number of carbonyl (C=O) groups excluding carboxylic acids is 2. The van der Waals surface area contributed by atoms with Gasteiger partial charge in [0.05, 0.1) is 18.5 Å². The third-order valence-electron chi connectivity index (χ3n) is 10.8. The molecule has 3 aromatic heterocycles. The van der Waals surface area contributed by atoms with Gasteiger partial charge in [0.15, 0.2) is 0 Å². The Morgan fingerprint density at radius 2 is 1.42 bits per heavy atom. The molecule has 2 aliphatic heterocycles. The highest BCUT2D eigenvalue weighted by atomic mass is 16.5. The van der Waals surface area contributed by atoms with Crippen molar-refractivity contribution in [3.05, 3.63) is 82.5 Å². The Bertz CT molecular complexity index is 2050. The van der Waals surface area contributed by atoms with E-state index in [1.165, 1.54) is 7.11 Å². The van der Waals surface area contributed by atoms with Crippen LogP contribution in [0.25, 0.3) is 45.4 Å². The molecule has 3 aromatic rings. The van der Waals surface area contributed by atoms with Crippen molar-refractivity contribution in [3.8, 4) is 0 Å². The molecule has 52 heavy (non-hydrogen) atoms. The molecule has 2 N–H and O–H groups in total. The molecule has 0 aromatic carbocycles. The standard InChI is InChI=1S/C43H56N6O3/c1-11-14-15-32-33(17-19-43(51)52-10)41-25-39-31(16-18-42(50)49(9)21-20-48(7)8)28(6)36(46-39)23-38-29(12-2)26(4)34(44-38)22-37-30(13-3)27(5)35(45-37)24-40(32)47-41/h12-13,22-25,32-33,44-45H,2-3,11,14-21H2,1,4-10H3. The van der Waals surface area contributed by atoms with Crippen LogP contribution < -0.4 is 0 Å². The van der Waals surface area contributed by atoms with E-state index >= 15 is 0 Å². The summed E-state index contributed by atoms with van der Waals surface area (Å²) in [6.07, 6.45) is 8.69. The smallest absolute Gasteiger partial charge is 0.305 e. The Morgan fingerprint density at radius 3 is 2.04 bits per heavy atom. The molecule has 0 radical (unpaired) electrons. The molecule has 5 rings (SSSR count). The molecule has 0 aliphatic carbocycles. The fourth-order valence-electron chi connectivity index (χ4n) is 7.52. The van der Waals surface area contributed by atoms with Crippen molar-refractivity contribution in [1.82, 2.24) is 29.7 Å². The van der Waals surface area contributed by atoms with Gasteiger partial charge in [0, 0.05) is 89.4 Å². The van der Waals surface area contributed by atoms with Crippen LogP contribution in [0.2, 0.25) is 0 Å². The summed E-state index contributed by atoms with van der Waals surface area (Å²) in [5, 5.41) is 0. The number of H-pyrrole nitrogens is 2. The van der Waals surface area contributed by atoms with Gasteiger partial charge in [0.25, 0.3) is 0 Å². The second kappa shape index (κ2) is 16.7. The molecule has 9 nitrogen and oxygen atoms in total. The number of esters is 1. The lowest BCUT2D eigenvalue weighted by Crippen LogP contribution is -2.33. The zero-order valence-corrected chi connectivity index (χ0v) is 32.4. The average Bonchev–Trinajstić information content (AvgIpc) is 3.80. The third kappa shape index (κ3) is 8.15. The first-order valence-corrected chi connectivity index (χ1v) is 18.6. The zero-order valence-electron chi connectivity index (χ0n) is 32.4. The summed E-state index contributed by atoms with van der Waals surface area (Å²) in [6.45, 7) is 18.3. The van der Waals surface area contributed by atoms with Crippen LogP contribution in [0.15, 0.2) is 37.4 Å². The predicted molar refractivity (Wildman–Crippen MR) is 215 cm³/mol. The van der Waals surface area contributed by atoms with Crippen LogP contribution in [-0.4, -0.2) is 83.0 Å². The van der Waals surface area contributed by atoms with Gasteiger partial charge >= 0.3 is 5.97 Å². The Labute approximate surface area is 308 Å². The lowest BCUT2D eigenvalue weighted by Gasteiger charge is -2.20. The molecule has 276 valence electrons. The minimum absolute atomic E-state index is 0.00408. The number of amides is 1. The summed E-state index contributed by atoms with van der Waals surface area (Å²) >= 11 is 0. The molecule has 0 saturated carbocycles. The van der Waals surface area contributed by atoms with Crippen molar-refractivity contribution < 1.29 is 14.3 Å². The van der Waals surface area contributed by atoms with E-state index in [9.17, 15) is 9.59 Å². The van der Waals surface area contributed by atoms with Gasteiger partial charge in [-0.3, -0.25) is 14.6 Å². The summed E-state index contributed by atoms with van der Waals surface area (Å²) in [6, 6.07) is 8.53. The fourth-order valence-corrected chi connectivity index (χ4v) is 7.52. The first-order chi connectivity index (χ1) is 24.9. The highest BCUT2D eigenvalue weighted by molar-refractivity contribution is 5.94. The normalized spacial score (nSPS) is 15.6. The number of likely N-dealkylation sites (N-methyl/N-ethyl adjacent to an activating group) is 2. The fraction of sp³-hybridized carbons (Fsp3) is 0.442. The van der Waals surface area contributed by atoms with Gasteiger partial charge in [-0.15, -0.1) is 0 Å². The largest absolute Gasteiger partial charge is 0.469 e. The highest BCUT2D eigenvalue weighted by Crippen LogP contribution is 2.44. The number of methoxy groups -OCH3 is 1. The molecule has 8 bridgehead atoms. The Kier molecular flexibility index (Phi) is 12.4. The van der Waals surface area contributed by atoms with E-state index in [0.29, 0.717) is 32.2 Å². The Morgan fingerprint density at radius 1 is 0.808 bits per heavy atom. The minimum atomic E-state index is -0.226. The average molecular weight is 705 g/mol. The number of carbonyl (C=O) groups is 2. The van der Waals surface area contributed by atoms with Gasteiger partial charge in [-0.1, -0.05) is 45.1 Å². The summed E-state index contributed by atoms with van der Waals surface area (Å²) in [4.78, 5) is 47.7. The van der Waals surface area contributed by atoms with Gasteiger partial charge < -0.3 is 24.5 Å². The maximum absolute atomic E-state index is 13.3. The quantitative estimate of drug-likeness (QED) is 0.162. The van der Waals surface area contributed by atoms with Crippen LogP contribution in [0.5, 0.6) is 0 Å². The van der Waals surface area contributed by atoms with Crippen molar-refractivity contribution in [1.29, 1.82) is 0 Å². The second-order valence-corrected chi connectivity index (χ2v) is 14.5. The van der Waals surface area contributed by atoms with Crippen LogP contribution in [0.4, 0.5) is 0 Å².